The molecule has 2 nitrogen and oxygen atoms in total. The van der Waals surface area contributed by atoms with Crippen LogP contribution in [0, 0.1) is 6.92 Å². The summed E-state index contributed by atoms with van der Waals surface area (Å²) in [6.07, 6.45) is 6.69. The van der Waals surface area contributed by atoms with Gasteiger partial charge >= 0.3 is 0 Å². The number of hydrogen-bond acceptors (Lipinski definition) is 2. The van der Waals surface area contributed by atoms with E-state index in [2.05, 4.69) is 344 Å². The summed E-state index contributed by atoms with van der Waals surface area (Å²) in [4.78, 5) is 4.79. The first-order chi connectivity index (χ1) is 43.6. The molecule has 2 aliphatic rings. The van der Waals surface area contributed by atoms with Crippen LogP contribution >= 0.6 is 0 Å². The molecule has 1 fully saturated rings. The van der Waals surface area contributed by atoms with Gasteiger partial charge in [-0.1, -0.05) is 262 Å². The van der Waals surface area contributed by atoms with E-state index in [0.29, 0.717) is 5.92 Å². The van der Waals surface area contributed by atoms with Crippen molar-refractivity contribution in [3.63, 3.8) is 0 Å². The number of hydrogen-bond donors (Lipinski definition) is 0. The molecule has 0 unspecified atom stereocenters. The van der Waals surface area contributed by atoms with E-state index in [4.69, 9.17) is 0 Å². The molecule has 88 heavy (non-hydrogen) atoms. The van der Waals surface area contributed by atoms with Crippen LogP contribution in [-0.4, -0.2) is 0 Å². The molecule has 2 aliphatic carbocycles. The van der Waals surface area contributed by atoms with Gasteiger partial charge in [0.2, 0.25) is 0 Å². The lowest BCUT2D eigenvalue weighted by Crippen LogP contribution is -2.28. The second-order valence-corrected chi connectivity index (χ2v) is 23.8. The summed E-state index contributed by atoms with van der Waals surface area (Å²) in [5, 5.41) is 0. The van der Waals surface area contributed by atoms with Crippen molar-refractivity contribution < 1.29 is 0 Å². The van der Waals surface area contributed by atoms with E-state index in [1.54, 1.807) is 0 Å². The Bertz CT molecular complexity index is 4480. The maximum absolute atomic E-state index is 2.47. The van der Waals surface area contributed by atoms with Crippen molar-refractivity contribution in [3.05, 3.63) is 361 Å². The molecule has 0 spiro atoms. The number of rotatable bonds is 14. The molecule has 13 aromatic carbocycles. The third kappa shape index (κ3) is 10.0. The summed E-state index contributed by atoms with van der Waals surface area (Å²) >= 11 is 0. The molecule has 0 aromatic heterocycles. The zero-order valence-corrected chi connectivity index (χ0v) is 49.7. The summed E-state index contributed by atoms with van der Waals surface area (Å²) in [7, 11) is 0. The van der Waals surface area contributed by atoms with Gasteiger partial charge in [-0.2, -0.15) is 0 Å². The second-order valence-electron chi connectivity index (χ2n) is 23.8. The van der Waals surface area contributed by atoms with Gasteiger partial charge in [-0.15, -0.1) is 0 Å². The Labute approximate surface area is 519 Å². The third-order valence-electron chi connectivity index (χ3n) is 18.7. The van der Waals surface area contributed by atoms with Crippen LogP contribution in [0.2, 0.25) is 0 Å². The highest BCUT2D eigenvalue weighted by molar-refractivity contribution is 5.97. The van der Waals surface area contributed by atoms with E-state index in [1.807, 2.05) is 0 Å². The fourth-order valence-corrected chi connectivity index (χ4v) is 14.5. The van der Waals surface area contributed by atoms with Gasteiger partial charge in [-0.3, -0.25) is 0 Å². The van der Waals surface area contributed by atoms with Crippen molar-refractivity contribution in [2.75, 3.05) is 9.80 Å². The highest BCUT2D eigenvalue weighted by atomic mass is 15.1. The van der Waals surface area contributed by atoms with E-state index in [9.17, 15) is 0 Å². The van der Waals surface area contributed by atoms with Crippen molar-refractivity contribution in [1.29, 1.82) is 0 Å². The lowest BCUT2D eigenvalue weighted by Gasteiger charge is -2.35. The molecule has 15 rings (SSSR count). The maximum atomic E-state index is 2.47. The fraction of sp³-hybridized carbons (Fsp3) is 0.0930. The topological polar surface area (TPSA) is 6.48 Å². The summed E-state index contributed by atoms with van der Waals surface area (Å²) in [6.45, 7) is 2.26. The maximum Gasteiger partial charge on any atom is 0.0714 e. The third-order valence-corrected chi connectivity index (χ3v) is 18.7. The fourth-order valence-electron chi connectivity index (χ4n) is 14.5. The van der Waals surface area contributed by atoms with Crippen molar-refractivity contribution in [1.82, 2.24) is 0 Å². The molecule has 0 bridgehead atoms. The zero-order chi connectivity index (χ0) is 58.8. The molecule has 0 radical (unpaired) electrons. The summed E-state index contributed by atoms with van der Waals surface area (Å²) in [5.74, 6) is 0.699. The van der Waals surface area contributed by atoms with Crippen LogP contribution in [0.1, 0.15) is 71.4 Å². The van der Waals surface area contributed by atoms with Gasteiger partial charge in [0.25, 0.3) is 0 Å². The van der Waals surface area contributed by atoms with Gasteiger partial charge in [0.05, 0.1) is 5.41 Å². The monoisotopic (exact) mass is 1130 g/mol. The normalized spacial score (nSPS) is 13.3. The number of nitrogens with zero attached hydrogens (tertiary/aromatic N) is 2. The highest BCUT2D eigenvalue weighted by Gasteiger charge is 2.47. The van der Waals surface area contributed by atoms with Gasteiger partial charge in [-0.25, -0.2) is 0 Å². The quantitative estimate of drug-likeness (QED) is 0.107. The Morgan fingerprint density at radius 2 is 0.636 bits per heavy atom. The molecular formula is C86H68N2. The van der Waals surface area contributed by atoms with Crippen LogP contribution in [-0.2, 0) is 5.41 Å². The van der Waals surface area contributed by atoms with E-state index < -0.39 is 5.41 Å². The Hall–Kier alpha value is -10.5. The summed E-state index contributed by atoms with van der Waals surface area (Å²) in [6, 6.07) is 121. The second kappa shape index (κ2) is 23.7. The molecule has 0 aliphatic heterocycles. The molecule has 0 atom stereocenters. The minimum Gasteiger partial charge on any atom is -0.311 e. The first-order valence-corrected chi connectivity index (χ1v) is 31.3. The van der Waals surface area contributed by atoms with Crippen LogP contribution in [0.25, 0.3) is 66.8 Å². The lowest BCUT2D eigenvalue weighted by atomic mass is 9.67. The molecule has 2 heteroatoms. The van der Waals surface area contributed by atoms with Gasteiger partial charge in [-0.05, 0) is 211 Å². The number of para-hydroxylation sites is 2. The SMILES string of the molecule is Cc1cccc2c1-c1ccc(N(c3ccccc3)c3ccc(-c4cc(-c5ccccc5)c(-c5ccc(N(c6ccccc6)c6ccc(-c7ccc(C8CCCCC8)cc7)cc6)cc5)cc4-c4ccccc4)cc3)cc1C2(c1ccccc1)c1ccccc1. The standard InChI is InChI=1S/C86H68N2/c1-61-24-23-39-83-85(61)78-57-56-77(58-84(78)86(83,70-31-15-5-16-32-70)71-33-17-6-18-34-71)88(73-37-21-8-22-38-73)76-54-48-69(49-55-76)82-60-79(66-27-11-3-12-28-66)81(59-80(82)67-29-13-4-14-30-67)68-46-52-75(53-47-68)87(72-35-19-7-20-36-72)74-50-44-65(45-51-74)64-42-40-63(41-43-64)62-25-9-2-10-26-62/h3-8,11-24,27-60,62H,2,9-10,25-26H2,1H3. The number of anilines is 6. The van der Waals surface area contributed by atoms with Gasteiger partial charge in [0.1, 0.15) is 0 Å². The Balaban J connectivity index is 0.814. The average molecular weight is 1130 g/mol. The Morgan fingerprint density at radius 3 is 1.09 bits per heavy atom. The van der Waals surface area contributed by atoms with E-state index in [1.165, 1.54) is 121 Å². The van der Waals surface area contributed by atoms with Crippen LogP contribution < -0.4 is 9.80 Å². The molecule has 0 N–H and O–H groups in total. The van der Waals surface area contributed by atoms with Crippen molar-refractivity contribution in [3.8, 4) is 66.8 Å². The Morgan fingerprint density at radius 1 is 0.273 bits per heavy atom. The lowest BCUT2D eigenvalue weighted by molar-refractivity contribution is 0.443. The average Bonchev–Trinajstić information content (AvgIpc) is 1.56. The van der Waals surface area contributed by atoms with Gasteiger partial charge in [0, 0.05) is 34.1 Å². The molecule has 0 heterocycles. The van der Waals surface area contributed by atoms with Gasteiger partial charge < -0.3 is 9.80 Å². The van der Waals surface area contributed by atoms with Crippen molar-refractivity contribution in [2.24, 2.45) is 0 Å². The zero-order valence-electron chi connectivity index (χ0n) is 49.7. The van der Waals surface area contributed by atoms with Crippen LogP contribution in [0.15, 0.2) is 328 Å². The van der Waals surface area contributed by atoms with Gasteiger partial charge in [0.15, 0.2) is 0 Å². The van der Waals surface area contributed by atoms with Crippen LogP contribution in [0.4, 0.5) is 34.1 Å². The number of benzene rings is 13. The van der Waals surface area contributed by atoms with E-state index >= 15 is 0 Å². The van der Waals surface area contributed by atoms with Crippen LogP contribution in [0.3, 0.4) is 0 Å². The molecule has 422 valence electrons. The van der Waals surface area contributed by atoms with E-state index in [-0.39, 0.29) is 0 Å². The van der Waals surface area contributed by atoms with Crippen molar-refractivity contribution in [2.45, 2.75) is 50.4 Å². The largest absolute Gasteiger partial charge is 0.311 e. The molecular weight excluding hydrogens is 1060 g/mol. The minimum absolute atomic E-state index is 0.531. The molecule has 0 amide bonds. The first kappa shape index (κ1) is 54.1. The number of fused-ring (bicyclic) bond motifs is 3. The summed E-state index contributed by atoms with van der Waals surface area (Å²) < 4.78 is 0. The minimum atomic E-state index is -0.531. The molecule has 13 aromatic rings. The molecule has 0 saturated heterocycles. The summed E-state index contributed by atoms with van der Waals surface area (Å²) in [5.41, 5.74) is 28.3. The Kier molecular flexibility index (Phi) is 14.6. The van der Waals surface area contributed by atoms with Crippen LogP contribution in [0.5, 0.6) is 0 Å². The predicted octanol–water partition coefficient (Wildman–Crippen LogP) is 23.7. The first-order valence-electron chi connectivity index (χ1n) is 31.3. The highest BCUT2D eigenvalue weighted by Crippen LogP contribution is 2.58. The smallest absolute Gasteiger partial charge is 0.0714 e. The number of aryl methyl sites for hydroxylation is 1. The van der Waals surface area contributed by atoms with Crippen molar-refractivity contribution >= 4 is 34.1 Å². The van der Waals surface area contributed by atoms with E-state index in [0.717, 1.165) is 45.3 Å². The predicted molar refractivity (Wildman–Crippen MR) is 371 cm³/mol. The molecule has 1 saturated carbocycles.